The Hall–Kier alpha value is -3.05. The fourth-order valence-electron chi connectivity index (χ4n) is 2.60. The van der Waals surface area contributed by atoms with Crippen LogP contribution < -0.4 is 5.73 Å². The number of aromatic amines is 1. The van der Waals surface area contributed by atoms with Gasteiger partial charge in [0.1, 0.15) is 5.82 Å². The zero-order valence-corrected chi connectivity index (χ0v) is 14.1. The molecule has 3 N–H and O–H groups in total. The molecule has 3 aromatic carbocycles. The van der Waals surface area contributed by atoms with Crippen molar-refractivity contribution in [1.82, 2.24) is 9.97 Å². The molecule has 0 fully saturated rings. The minimum Gasteiger partial charge on any atom is -0.366 e. The highest BCUT2D eigenvalue weighted by Gasteiger charge is 2.08. The summed E-state index contributed by atoms with van der Waals surface area (Å²) in [7, 11) is 0. The van der Waals surface area contributed by atoms with Crippen LogP contribution in [0.25, 0.3) is 22.4 Å². The number of imidazole rings is 1. The maximum Gasteiger partial charge on any atom is 0.248 e. The number of amides is 1. The Morgan fingerprint density at radius 1 is 0.920 bits per heavy atom. The van der Waals surface area contributed by atoms with Gasteiger partial charge in [-0.05, 0) is 42.5 Å². The summed E-state index contributed by atoms with van der Waals surface area (Å²) in [6.07, 6.45) is 0. The van der Waals surface area contributed by atoms with Crippen molar-refractivity contribution in [3.63, 3.8) is 0 Å². The smallest absolute Gasteiger partial charge is 0.248 e. The van der Waals surface area contributed by atoms with Gasteiger partial charge >= 0.3 is 0 Å². The second-order valence-corrected chi connectivity index (χ2v) is 6.77. The lowest BCUT2D eigenvalue weighted by Crippen LogP contribution is -2.10. The summed E-state index contributed by atoms with van der Waals surface area (Å²) in [6.45, 7) is 0. The highest BCUT2D eigenvalue weighted by atomic mass is 32.2. The fourth-order valence-corrected chi connectivity index (χ4v) is 3.44. The first-order chi connectivity index (χ1) is 12.2. The van der Waals surface area contributed by atoms with Crippen LogP contribution in [0.5, 0.6) is 0 Å². The number of hydrogen-bond donors (Lipinski definition) is 2. The zero-order valence-electron chi connectivity index (χ0n) is 13.3. The monoisotopic (exact) mass is 345 g/mol. The summed E-state index contributed by atoms with van der Waals surface area (Å²) < 4.78 is 0. The van der Waals surface area contributed by atoms with Crippen LogP contribution >= 0.6 is 11.8 Å². The average Bonchev–Trinajstić information content (AvgIpc) is 3.06. The lowest BCUT2D eigenvalue weighted by atomic mass is 10.2. The molecule has 0 aliphatic rings. The Morgan fingerprint density at radius 3 is 2.36 bits per heavy atom. The maximum absolute atomic E-state index is 11.3. The first-order valence-corrected chi connectivity index (χ1v) is 8.63. The molecule has 1 amide bonds. The third-order valence-corrected chi connectivity index (χ3v) is 4.89. The number of aromatic nitrogens is 2. The van der Waals surface area contributed by atoms with Crippen molar-refractivity contribution in [2.24, 2.45) is 5.73 Å². The highest BCUT2D eigenvalue weighted by Crippen LogP contribution is 2.29. The predicted molar refractivity (Wildman–Crippen MR) is 101 cm³/mol. The normalized spacial score (nSPS) is 10.9. The van der Waals surface area contributed by atoms with Crippen LogP contribution in [0.2, 0.25) is 0 Å². The molecule has 0 radical (unpaired) electrons. The van der Waals surface area contributed by atoms with E-state index in [1.807, 2.05) is 36.4 Å². The van der Waals surface area contributed by atoms with Crippen molar-refractivity contribution in [2.75, 3.05) is 0 Å². The van der Waals surface area contributed by atoms with Gasteiger partial charge in [0.25, 0.3) is 0 Å². The summed E-state index contributed by atoms with van der Waals surface area (Å²) in [5.41, 5.74) is 8.38. The van der Waals surface area contributed by atoms with Gasteiger partial charge in [-0.25, -0.2) is 4.98 Å². The number of nitrogens with two attached hydrogens (primary N) is 1. The summed E-state index contributed by atoms with van der Waals surface area (Å²) in [6, 6.07) is 23.7. The van der Waals surface area contributed by atoms with Crippen molar-refractivity contribution >= 4 is 28.7 Å². The molecule has 0 atom stereocenters. The van der Waals surface area contributed by atoms with E-state index in [4.69, 9.17) is 5.73 Å². The first kappa shape index (κ1) is 15.5. The van der Waals surface area contributed by atoms with Gasteiger partial charge in [-0.2, -0.15) is 0 Å². The van der Waals surface area contributed by atoms with Crippen molar-refractivity contribution in [3.8, 4) is 11.4 Å². The molecule has 0 aliphatic carbocycles. The summed E-state index contributed by atoms with van der Waals surface area (Å²) >= 11 is 1.72. The largest absolute Gasteiger partial charge is 0.366 e. The number of primary amides is 1. The number of nitrogens with one attached hydrogen (secondary N) is 1. The molecule has 4 rings (SSSR count). The molecule has 5 heteroatoms. The molecule has 0 aliphatic heterocycles. The van der Waals surface area contributed by atoms with Gasteiger partial charge in [0.15, 0.2) is 0 Å². The van der Waals surface area contributed by atoms with Gasteiger partial charge in [-0.15, -0.1) is 0 Å². The molecule has 4 nitrogen and oxygen atoms in total. The molecular weight excluding hydrogens is 330 g/mol. The molecule has 0 spiro atoms. The molecule has 4 aromatic rings. The number of carbonyl (C=O) groups excluding carboxylic acids is 1. The molecule has 122 valence electrons. The van der Waals surface area contributed by atoms with E-state index in [2.05, 4.69) is 34.2 Å². The molecule has 1 heterocycles. The minimum absolute atomic E-state index is 0.450. The minimum atomic E-state index is -0.450. The zero-order chi connectivity index (χ0) is 17.2. The van der Waals surface area contributed by atoms with E-state index in [-0.39, 0.29) is 0 Å². The molecular formula is C20H15N3OS. The van der Waals surface area contributed by atoms with E-state index < -0.39 is 5.91 Å². The second kappa shape index (κ2) is 6.45. The van der Waals surface area contributed by atoms with Crippen LogP contribution in [-0.4, -0.2) is 15.9 Å². The Balaban J connectivity index is 1.61. The van der Waals surface area contributed by atoms with Gasteiger partial charge < -0.3 is 10.7 Å². The lowest BCUT2D eigenvalue weighted by Gasteiger charge is -2.02. The third-order valence-electron chi connectivity index (χ3n) is 3.87. The second-order valence-electron chi connectivity index (χ2n) is 5.62. The fraction of sp³-hybridized carbons (Fsp3) is 0. The predicted octanol–water partition coefficient (Wildman–Crippen LogP) is 4.48. The van der Waals surface area contributed by atoms with Gasteiger partial charge in [0.2, 0.25) is 5.91 Å². The molecule has 0 unspecified atom stereocenters. The molecule has 1 aromatic heterocycles. The third kappa shape index (κ3) is 3.27. The molecule has 0 saturated heterocycles. The van der Waals surface area contributed by atoms with Crippen LogP contribution in [0, 0.1) is 0 Å². The van der Waals surface area contributed by atoms with Crippen LogP contribution in [0.1, 0.15) is 10.4 Å². The van der Waals surface area contributed by atoms with E-state index in [1.54, 1.807) is 23.9 Å². The van der Waals surface area contributed by atoms with Crippen LogP contribution in [0.4, 0.5) is 0 Å². The van der Waals surface area contributed by atoms with Gasteiger partial charge in [0, 0.05) is 20.9 Å². The molecule has 25 heavy (non-hydrogen) atoms. The number of rotatable bonds is 4. The van der Waals surface area contributed by atoms with Crippen molar-refractivity contribution in [2.45, 2.75) is 9.79 Å². The van der Waals surface area contributed by atoms with E-state index in [9.17, 15) is 4.79 Å². The summed E-state index contributed by atoms with van der Waals surface area (Å²) in [5.74, 6) is 0.321. The van der Waals surface area contributed by atoms with Gasteiger partial charge in [-0.1, -0.05) is 42.1 Å². The standard InChI is InChI=1S/C20H15N3OS/c21-19(24)14-8-11-17-18(12-14)23-20(22-17)13-6-9-16(10-7-13)25-15-4-2-1-3-5-15/h1-12H,(H2,21,24)(H,22,23). The van der Waals surface area contributed by atoms with Gasteiger partial charge in [0.05, 0.1) is 11.0 Å². The topological polar surface area (TPSA) is 71.8 Å². The summed E-state index contributed by atoms with van der Waals surface area (Å²) in [5, 5.41) is 0. The van der Waals surface area contributed by atoms with E-state index in [1.165, 1.54) is 9.79 Å². The number of fused-ring (bicyclic) bond motifs is 1. The quantitative estimate of drug-likeness (QED) is 0.573. The van der Waals surface area contributed by atoms with Crippen molar-refractivity contribution < 1.29 is 4.79 Å². The number of H-pyrrole nitrogens is 1. The number of nitrogens with zero attached hydrogens (tertiary/aromatic N) is 1. The van der Waals surface area contributed by atoms with Gasteiger partial charge in [-0.3, -0.25) is 4.79 Å². The van der Waals surface area contributed by atoms with E-state index in [0.717, 1.165) is 22.4 Å². The Bertz CT molecular complexity index is 1040. The summed E-state index contributed by atoms with van der Waals surface area (Å²) in [4.78, 5) is 21.5. The number of hydrogen-bond acceptors (Lipinski definition) is 3. The Morgan fingerprint density at radius 2 is 1.64 bits per heavy atom. The molecule has 0 bridgehead atoms. The average molecular weight is 345 g/mol. The van der Waals surface area contributed by atoms with E-state index in [0.29, 0.717) is 5.56 Å². The first-order valence-electron chi connectivity index (χ1n) is 7.82. The highest BCUT2D eigenvalue weighted by molar-refractivity contribution is 7.99. The Labute approximate surface area is 149 Å². The van der Waals surface area contributed by atoms with Crippen molar-refractivity contribution in [3.05, 3.63) is 78.4 Å². The van der Waals surface area contributed by atoms with Crippen LogP contribution in [-0.2, 0) is 0 Å². The SMILES string of the molecule is NC(=O)c1ccc2[nH]c(-c3ccc(Sc4ccccc4)cc3)nc2c1. The maximum atomic E-state index is 11.3. The lowest BCUT2D eigenvalue weighted by molar-refractivity contribution is 0.100. The van der Waals surface area contributed by atoms with Crippen LogP contribution in [0.3, 0.4) is 0 Å². The number of carbonyl (C=O) groups is 1. The van der Waals surface area contributed by atoms with E-state index >= 15 is 0 Å². The van der Waals surface area contributed by atoms with Crippen molar-refractivity contribution in [1.29, 1.82) is 0 Å². The number of benzene rings is 3. The molecule has 0 saturated carbocycles. The van der Waals surface area contributed by atoms with Crippen LogP contribution in [0.15, 0.2) is 82.6 Å². The Kier molecular flexibility index (Phi) is 3.99.